The number of aliphatic hydroxyl groups excluding tert-OH is 1. The minimum absolute atomic E-state index is 0.889. The summed E-state index contributed by atoms with van der Waals surface area (Å²) in [5.41, 5.74) is 0. The zero-order chi connectivity index (χ0) is 6.95. The minimum Gasteiger partial charge on any atom is -0.400 e. The fraction of sp³-hybridized carbons (Fsp3) is 1.00. The van der Waals surface area contributed by atoms with Crippen LogP contribution in [0.15, 0.2) is 0 Å². The van der Waals surface area contributed by atoms with Crippen molar-refractivity contribution in [2.24, 2.45) is 0 Å². The van der Waals surface area contributed by atoms with Crippen molar-refractivity contribution in [3.05, 3.63) is 0 Å². The Labute approximate surface area is 56.0 Å². The van der Waals surface area contributed by atoms with Crippen LogP contribution >= 0.6 is 0 Å². The van der Waals surface area contributed by atoms with E-state index < -0.39 is 0 Å². The van der Waals surface area contributed by atoms with Gasteiger partial charge in [0.25, 0.3) is 0 Å². The standard InChI is InChI=1S/C5H11NO.CH4O/c1-2-6-3-5-7-4-1;1-2/h6H,1-5H2;2H,1H3. The van der Waals surface area contributed by atoms with Gasteiger partial charge in [-0.15, -0.1) is 0 Å². The van der Waals surface area contributed by atoms with Crippen LogP contribution in [0.2, 0.25) is 0 Å². The normalized spacial score (nSPS) is 19.3. The molecular weight excluding hydrogens is 118 g/mol. The van der Waals surface area contributed by atoms with E-state index in [-0.39, 0.29) is 0 Å². The van der Waals surface area contributed by atoms with Gasteiger partial charge < -0.3 is 15.2 Å². The lowest BCUT2D eigenvalue weighted by atomic mass is 10.5. The number of hydrogen-bond donors (Lipinski definition) is 2. The molecule has 1 fully saturated rings. The number of aliphatic hydroxyl groups is 1. The van der Waals surface area contributed by atoms with Crippen LogP contribution in [-0.2, 0) is 4.74 Å². The van der Waals surface area contributed by atoms with E-state index in [1.165, 1.54) is 6.42 Å². The molecule has 0 amide bonds. The molecule has 0 unspecified atom stereocenters. The Balaban J connectivity index is 0.000000291. The van der Waals surface area contributed by atoms with Gasteiger partial charge in [-0.1, -0.05) is 0 Å². The highest BCUT2D eigenvalue weighted by Crippen LogP contribution is 1.83. The number of rotatable bonds is 0. The summed E-state index contributed by atoms with van der Waals surface area (Å²) >= 11 is 0. The largest absolute Gasteiger partial charge is 0.400 e. The molecule has 0 atom stereocenters. The lowest BCUT2D eigenvalue weighted by Gasteiger charge is -1.91. The first-order chi connectivity index (χ1) is 4.50. The zero-order valence-electron chi connectivity index (χ0n) is 5.89. The first-order valence-electron chi connectivity index (χ1n) is 3.23. The maximum absolute atomic E-state index is 7.00. The Hall–Kier alpha value is -0.120. The van der Waals surface area contributed by atoms with Gasteiger partial charge in [-0.3, -0.25) is 0 Å². The average molecular weight is 133 g/mol. The summed E-state index contributed by atoms with van der Waals surface area (Å²) in [5.74, 6) is 0. The molecule has 0 saturated carbocycles. The lowest BCUT2D eigenvalue weighted by molar-refractivity contribution is 0.151. The van der Waals surface area contributed by atoms with E-state index in [0.717, 1.165) is 33.4 Å². The Kier molecular flexibility index (Phi) is 7.77. The van der Waals surface area contributed by atoms with Crippen molar-refractivity contribution >= 4 is 0 Å². The third-order valence-electron chi connectivity index (χ3n) is 1.07. The van der Waals surface area contributed by atoms with Crippen LogP contribution in [0.3, 0.4) is 0 Å². The van der Waals surface area contributed by atoms with E-state index in [9.17, 15) is 0 Å². The lowest BCUT2D eigenvalue weighted by Crippen LogP contribution is -2.15. The van der Waals surface area contributed by atoms with Crippen LogP contribution in [-0.4, -0.2) is 38.5 Å². The molecule has 3 heteroatoms. The topological polar surface area (TPSA) is 41.5 Å². The second-order valence-corrected chi connectivity index (χ2v) is 1.72. The van der Waals surface area contributed by atoms with E-state index in [1.54, 1.807) is 0 Å². The van der Waals surface area contributed by atoms with Gasteiger partial charge in [0.15, 0.2) is 0 Å². The number of hydrogen-bond acceptors (Lipinski definition) is 3. The van der Waals surface area contributed by atoms with Crippen molar-refractivity contribution in [2.75, 3.05) is 33.4 Å². The van der Waals surface area contributed by atoms with Gasteiger partial charge in [0, 0.05) is 20.3 Å². The third-order valence-corrected chi connectivity index (χ3v) is 1.07. The van der Waals surface area contributed by atoms with Gasteiger partial charge in [-0.2, -0.15) is 0 Å². The first-order valence-corrected chi connectivity index (χ1v) is 3.23. The average Bonchev–Trinajstić information content (AvgIpc) is 2.21. The Morgan fingerprint density at radius 3 is 2.78 bits per heavy atom. The highest BCUT2D eigenvalue weighted by atomic mass is 16.5. The summed E-state index contributed by atoms with van der Waals surface area (Å²) in [6.07, 6.45) is 1.17. The zero-order valence-corrected chi connectivity index (χ0v) is 5.89. The van der Waals surface area contributed by atoms with Crippen LogP contribution in [0.5, 0.6) is 0 Å². The maximum atomic E-state index is 7.00. The molecule has 2 N–H and O–H groups in total. The van der Waals surface area contributed by atoms with Crippen molar-refractivity contribution < 1.29 is 9.84 Å². The maximum Gasteiger partial charge on any atom is 0.0590 e. The summed E-state index contributed by atoms with van der Waals surface area (Å²) in [6.45, 7) is 3.98. The molecule has 0 aromatic heterocycles. The molecule has 9 heavy (non-hydrogen) atoms. The van der Waals surface area contributed by atoms with E-state index in [4.69, 9.17) is 9.84 Å². The van der Waals surface area contributed by atoms with Crippen LogP contribution in [0.1, 0.15) is 6.42 Å². The van der Waals surface area contributed by atoms with Crippen molar-refractivity contribution in [1.29, 1.82) is 0 Å². The van der Waals surface area contributed by atoms with Crippen LogP contribution in [0.25, 0.3) is 0 Å². The molecule has 0 spiro atoms. The number of ether oxygens (including phenoxy) is 1. The molecule has 1 aliphatic rings. The molecular formula is C6H15NO2. The van der Waals surface area contributed by atoms with Gasteiger partial charge in [0.05, 0.1) is 6.61 Å². The molecule has 0 radical (unpaired) electrons. The molecule has 1 saturated heterocycles. The van der Waals surface area contributed by atoms with E-state index in [1.807, 2.05) is 0 Å². The molecule has 1 aliphatic heterocycles. The van der Waals surface area contributed by atoms with Gasteiger partial charge in [0.1, 0.15) is 0 Å². The van der Waals surface area contributed by atoms with Gasteiger partial charge in [-0.25, -0.2) is 0 Å². The van der Waals surface area contributed by atoms with Gasteiger partial charge in [0.2, 0.25) is 0 Å². The summed E-state index contributed by atoms with van der Waals surface area (Å²) in [5, 5.41) is 10.2. The minimum atomic E-state index is 0.889. The molecule has 0 aromatic carbocycles. The summed E-state index contributed by atoms with van der Waals surface area (Å²) < 4.78 is 5.13. The molecule has 0 aliphatic carbocycles. The number of nitrogens with one attached hydrogen (secondary N) is 1. The molecule has 0 aromatic rings. The smallest absolute Gasteiger partial charge is 0.0590 e. The first kappa shape index (κ1) is 8.88. The fourth-order valence-corrected chi connectivity index (χ4v) is 0.671. The molecule has 1 heterocycles. The summed E-state index contributed by atoms with van der Waals surface area (Å²) in [7, 11) is 1.00. The van der Waals surface area contributed by atoms with Crippen LogP contribution < -0.4 is 5.32 Å². The van der Waals surface area contributed by atoms with E-state index in [2.05, 4.69) is 5.32 Å². The molecule has 56 valence electrons. The monoisotopic (exact) mass is 133 g/mol. The SMILES string of the molecule is C1CNCCOC1.CO. The molecule has 1 rings (SSSR count). The van der Waals surface area contributed by atoms with Crippen molar-refractivity contribution in [3.63, 3.8) is 0 Å². The predicted octanol–water partition coefficient (Wildman–Crippen LogP) is -0.395. The van der Waals surface area contributed by atoms with E-state index >= 15 is 0 Å². The second-order valence-electron chi connectivity index (χ2n) is 1.72. The van der Waals surface area contributed by atoms with Crippen LogP contribution in [0, 0.1) is 0 Å². The Bertz CT molecular complexity index is 30.7. The van der Waals surface area contributed by atoms with E-state index in [0.29, 0.717) is 0 Å². The van der Waals surface area contributed by atoms with Gasteiger partial charge in [-0.05, 0) is 13.0 Å². The van der Waals surface area contributed by atoms with Crippen molar-refractivity contribution in [3.8, 4) is 0 Å². The highest BCUT2D eigenvalue weighted by Gasteiger charge is 1.93. The quantitative estimate of drug-likeness (QED) is 0.472. The Morgan fingerprint density at radius 1 is 1.22 bits per heavy atom. The third kappa shape index (κ3) is 5.76. The van der Waals surface area contributed by atoms with Gasteiger partial charge >= 0.3 is 0 Å². The van der Waals surface area contributed by atoms with Crippen LogP contribution in [0.4, 0.5) is 0 Å². The molecule has 0 bridgehead atoms. The summed E-state index contributed by atoms with van der Waals surface area (Å²) in [4.78, 5) is 0. The van der Waals surface area contributed by atoms with Crippen molar-refractivity contribution in [2.45, 2.75) is 6.42 Å². The predicted molar refractivity (Wildman–Crippen MR) is 36.4 cm³/mol. The highest BCUT2D eigenvalue weighted by molar-refractivity contribution is 4.50. The fourth-order valence-electron chi connectivity index (χ4n) is 0.671. The molecule has 3 nitrogen and oxygen atoms in total. The van der Waals surface area contributed by atoms with Crippen molar-refractivity contribution in [1.82, 2.24) is 5.32 Å². The summed E-state index contributed by atoms with van der Waals surface area (Å²) in [6, 6.07) is 0. The Morgan fingerprint density at radius 2 is 2.00 bits per heavy atom. The second kappa shape index (κ2) is 7.88.